The lowest BCUT2D eigenvalue weighted by Crippen LogP contribution is -2.50. The smallest absolute Gasteiger partial charge is 0.323 e. The number of nitrogens with zero attached hydrogens (tertiary/aromatic N) is 1. The van der Waals surface area contributed by atoms with Gasteiger partial charge in [0.15, 0.2) is 0 Å². The summed E-state index contributed by atoms with van der Waals surface area (Å²) >= 11 is 0. The van der Waals surface area contributed by atoms with Gasteiger partial charge in [-0.1, -0.05) is 12.1 Å². The summed E-state index contributed by atoms with van der Waals surface area (Å²) in [6.07, 6.45) is 0. The molecule has 5 heteroatoms. The fraction of sp³-hybridized carbons (Fsp3) is 0.467. The van der Waals surface area contributed by atoms with Crippen molar-refractivity contribution in [2.75, 3.05) is 11.9 Å². The highest BCUT2D eigenvalue weighted by atomic mass is 16.4. The summed E-state index contributed by atoms with van der Waals surface area (Å²) < 4.78 is 0. The minimum Gasteiger partial charge on any atom is -0.480 e. The molecule has 0 fully saturated rings. The molecule has 1 rings (SSSR count). The molecule has 0 aliphatic heterocycles. The van der Waals surface area contributed by atoms with E-state index in [0.29, 0.717) is 5.69 Å². The number of carboxylic acid groups (broad SMARTS) is 1. The molecule has 1 aromatic rings. The van der Waals surface area contributed by atoms with E-state index in [0.717, 1.165) is 11.1 Å². The zero-order chi connectivity index (χ0) is 15.5. The summed E-state index contributed by atoms with van der Waals surface area (Å²) in [5.41, 5.74) is 2.18. The predicted octanol–water partition coefficient (Wildman–Crippen LogP) is 3.02. The van der Waals surface area contributed by atoms with E-state index in [1.54, 1.807) is 20.8 Å². The second kappa shape index (κ2) is 5.94. The van der Waals surface area contributed by atoms with Gasteiger partial charge in [-0.3, -0.25) is 4.79 Å². The van der Waals surface area contributed by atoms with Crippen LogP contribution in [0.15, 0.2) is 18.2 Å². The van der Waals surface area contributed by atoms with Crippen LogP contribution < -0.4 is 5.32 Å². The first-order chi connectivity index (χ1) is 9.12. The summed E-state index contributed by atoms with van der Waals surface area (Å²) in [6, 6.07) is 5.22. The molecule has 0 bridgehead atoms. The molecule has 0 saturated carbocycles. The third kappa shape index (κ3) is 3.98. The van der Waals surface area contributed by atoms with Gasteiger partial charge in [0.05, 0.1) is 0 Å². The van der Waals surface area contributed by atoms with E-state index in [1.807, 2.05) is 32.0 Å². The molecule has 1 aromatic carbocycles. The molecule has 0 aromatic heterocycles. The Morgan fingerprint density at radius 3 is 2.35 bits per heavy atom. The number of nitrogens with one attached hydrogen (secondary N) is 1. The van der Waals surface area contributed by atoms with Gasteiger partial charge in [0, 0.05) is 11.2 Å². The Bertz CT molecular complexity index is 518. The number of carbonyl (C=O) groups excluding carboxylic acids is 1. The van der Waals surface area contributed by atoms with Gasteiger partial charge in [0.1, 0.15) is 6.54 Å². The van der Waals surface area contributed by atoms with Crippen molar-refractivity contribution in [2.45, 2.75) is 40.2 Å². The number of rotatable bonds is 3. The van der Waals surface area contributed by atoms with Crippen LogP contribution in [0.5, 0.6) is 0 Å². The maximum Gasteiger partial charge on any atom is 0.323 e. The Morgan fingerprint density at radius 2 is 1.85 bits per heavy atom. The Labute approximate surface area is 119 Å². The molecule has 0 heterocycles. The topological polar surface area (TPSA) is 69.6 Å². The molecule has 0 aliphatic carbocycles. The normalized spacial score (nSPS) is 11.1. The van der Waals surface area contributed by atoms with Crippen LogP contribution in [0.4, 0.5) is 10.5 Å². The van der Waals surface area contributed by atoms with Gasteiger partial charge in [-0.15, -0.1) is 0 Å². The maximum absolute atomic E-state index is 12.3. The van der Waals surface area contributed by atoms with E-state index < -0.39 is 17.5 Å². The first kappa shape index (κ1) is 16.0. The van der Waals surface area contributed by atoms with Gasteiger partial charge in [-0.25, -0.2) is 4.79 Å². The largest absolute Gasteiger partial charge is 0.480 e. The first-order valence-corrected chi connectivity index (χ1v) is 6.49. The molecule has 0 saturated heterocycles. The Morgan fingerprint density at radius 1 is 1.25 bits per heavy atom. The quantitative estimate of drug-likeness (QED) is 0.893. The number of amides is 2. The lowest BCUT2D eigenvalue weighted by molar-refractivity contribution is -0.138. The number of hydrogen-bond acceptors (Lipinski definition) is 2. The van der Waals surface area contributed by atoms with Gasteiger partial charge in [0.25, 0.3) is 0 Å². The van der Waals surface area contributed by atoms with Crippen molar-refractivity contribution in [2.24, 2.45) is 0 Å². The van der Waals surface area contributed by atoms with E-state index in [-0.39, 0.29) is 6.54 Å². The van der Waals surface area contributed by atoms with E-state index >= 15 is 0 Å². The third-order valence-electron chi connectivity index (χ3n) is 3.19. The fourth-order valence-corrected chi connectivity index (χ4v) is 1.82. The van der Waals surface area contributed by atoms with Crippen LogP contribution in [-0.4, -0.2) is 34.1 Å². The number of anilines is 1. The summed E-state index contributed by atoms with van der Waals surface area (Å²) in [5.74, 6) is -1.03. The lowest BCUT2D eigenvalue weighted by Gasteiger charge is -2.34. The average molecular weight is 278 g/mol. The SMILES string of the molecule is Cc1cccc(NC(=O)N(CC(=O)O)C(C)(C)C)c1C. The molecule has 0 atom stereocenters. The van der Waals surface area contributed by atoms with Crippen LogP contribution in [0.25, 0.3) is 0 Å². The third-order valence-corrected chi connectivity index (χ3v) is 3.19. The highest BCUT2D eigenvalue weighted by molar-refractivity contribution is 5.92. The van der Waals surface area contributed by atoms with Gasteiger partial charge in [-0.2, -0.15) is 0 Å². The van der Waals surface area contributed by atoms with Crippen LogP contribution in [-0.2, 0) is 4.79 Å². The van der Waals surface area contributed by atoms with Crippen molar-refractivity contribution in [3.05, 3.63) is 29.3 Å². The highest BCUT2D eigenvalue weighted by Gasteiger charge is 2.28. The van der Waals surface area contributed by atoms with Crippen molar-refractivity contribution >= 4 is 17.7 Å². The van der Waals surface area contributed by atoms with Crippen molar-refractivity contribution in [3.63, 3.8) is 0 Å². The summed E-state index contributed by atoms with van der Waals surface area (Å²) in [4.78, 5) is 24.5. The molecule has 20 heavy (non-hydrogen) atoms. The van der Waals surface area contributed by atoms with Crippen molar-refractivity contribution in [1.82, 2.24) is 4.90 Å². The van der Waals surface area contributed by atoms with E-state index in [1.165, 1.54) is 4.90 Å². The Balaban J connectivity index is 2.97. The molecule has 5 nitrogen and oxygen atoms in total. The van der Waals surface area contributed by atoms with E-state index in [4.69, 9.17) is 5.11 Å². The lowest BCUT2D eigenvalue weighted by atomic mass is 10.1. The summed E-state index contributed by atoms with van der Waals surface area (Å²) in [7, 11) is 0. The van der Waals surface area contributed by atoms with Crippen LogP contribution in [0.2, 0.25) is 0 Å². The molecule has 0 spiro atoms. The van der Waals surface area contributed by atoms with Gasteiger partial charge in [0.2, 0.25) is 0 Å². The second-order valence-corrected chi connectivity index (χ2v) is 5.83. The second-order valence-electron chi connectivity index (χ2n) is 5.83. The summed E-state index contributed by atoms with van der Waals surface area (Å²) in [6.45, 7) is 8.96. The standard InChI is InChI=1S/C15H22N2O3/c1-10-7-6-8-12(11(10)2)16-14(20)17(9-13(18)19)15(3,4)5/h6-8H,9H2,1-5H3,(H,16,20)(H,18,19). The molecular weight excluding hydrogens is 256 g/mol. The van der Waals surface area contributed by atoms with E-state index in [9.17, 15) is 9.59 Å². The molecule has 110 valence electrons. The van der Waals surface area contributed by atoms with Gasteiger partial charge >= 0.3 is 12.0 Å². The first-order valence-electron chi connectivity index (χ1n) is 6.49. The molecule has 0 aliphatic rings. The number of urea groups is 1. The minimum absolute atomic E-state index is 0.333. The number of carbonyl (C=O) groups is 2. The Hall–Kier alpha value is -2.04. The molecule has 2 N–H and O–H groups in total. The van der Waals surface area contributed by atoms with Crippen LogP contribution >= 0.6 is 0 Å². The monoisotopic (exact) mass is 278 g/mol. The molecular formula is C15H22N2O3. The Kier molecular flexibility index (Phi) is 4.76. The zero-order valence-electron chi connectivity index (χ0n) is 12.7. The predicted molar refractivity (Wildman–Crippen MR) is 79.0 cm³/mol. The van der Waals surface area contributed by atoms with E-state index in [2.05, 4.69) is 5.32 Å². The van der Waals surface area contributed by atoms with Crippen molar-refractivity contribution < 1.29 is 14.7 Å². The van der Waals surface area contributed by atoms with Crippen LogP contribution in [0.1, 0.15) is 31.9 Å². The number of aryl methyl sites for hydroxylation is 1. The van der Waals surface area contributed by atoms with Crippen LogP contribution in [0.3, 0.4) is 0 Å². The fourth-order valence-electron chi connectivity index (χ4n) is 1.82. The number of aliphatic carboxylic acids is 1. The molecule has 2 amide bonds. The summed E-state index contributed by atoms with van der Waals surface area (Å²) in [5, 5.41) is 11.7. The van der Waals surface area contributed by atoms with Crippen LogP contribution in [0, 0.1) is 13.8 Å². The maximum atomic E-state index is 12.3. The van der Waals surface area contributed by atoms with Gasteiger partial charge < -0.3 is 15.3 Å². The van der Waals surface area contributed by atoms with Crippen molar-refractivity contribution in [3.8, 4) is 0 Å². The number of benzene rings is 1. The number of hydrogen-bond donors (Lipinski definition) is 2. The zero-order valence-corrected chi connectivity index (χ0v) is 12.7. The average Bonchev–Trinajstić information content (AvgIpc) is 2.30. The van der Waals surface area contributed by atoms with Crippen molar-refractivity contribution in [1.29, 1.82) is 0 Å². The molecule has 0 unspecified atom stereocenters. The number of carboxylic acids is 1. The highest BCUT2D eigenvalue weighted by Crippen LogP contribution is 2.20. The molecule has 0 radical (unpaired) electrons. The van der Waals surface area contributed by atoms with Gasteiger partial charge in [-0.05, 0) is 51.8 Å². The minimum atomic E-state index is -1.03.